The minimum absolute atomic E-state index is 0.0158. The quantitative estimate of drug-likeness (QED) is 0.886. The number of rotatable bonds is 3. The molecule has 1 heterocycles. The molecule has 18 heavy (non-hydrogen) atoms. The SMILES string of the molecule is O=C(NCC1CCSCC1)c1ccc(O)cc1F. The number of halogens is 1. The normalized spacial score (nSPS) is 16.5. The van der Waals surface area contributed by atoms with Gasteiger partial charge in [-0.3, -0.25) is 4.79 Å². The lowest BCUT2D eigenvalue weighted by Crippen LogP contribution is -2.31. The van der Waals surface area contributed by atoms with Crippen molar-refractivity contribution in [2.24, 2.45) is 5.92 Å². The second kappa shape index (κ2) is 6.09. The molecule has 0 spiro atoms. The van der Waals surface area contributed by atoms with Gasteiger partial charge in [0.25, 0.3) is 5.91 Å². The highest BCUT2D eigenvalue weighted by Crippen LogP contribution is 2.22. The molecule has 1 aromatic rings. The van der Waals surface area contributed by atoms with E-state index in [1.54, 1.807) is 0 Å². The fourth-order valence-electron chi connectivity index (χ4n) is 1.97. The zero-order chi connectivity index (χ0) is 13.0. The van der Waals surface area contributed by atoms with Crippen LogP contribution < -0.4 is 5.32 Å². The third-order valence-corrected chi connectivity index (χ3v) is 4.14. The Hall–Kier alpha value is -1.23. The fraction of sp³-hybridized carbons (Fsp3) is 0.462. The van der Waals surface area contributed by atoms with Gasteiger partial charge in [0.15, 0.2) is 0 Å². The molecule has 0 aliphatic carbocycles. The van der Waals surface area contributed by atoms with Crippen LogP contribution in [0.3, 0.4) is 0 Å². The molecule has 1 aliphatic rings. The third kappa shape index (κ3) is 3.38. The molecule has 1 fully saturated rings. The number of nitrogens with one attached hydrogen (secondary N) is 1. The van der Waals surface area contributed by atoms with E-state index in [9.17, 15) is 9.18 Å². The summed E-state index contributed by atoms with van der Waals surface area (Å²) in [6, 6.07) is 3.57. The highest BCUT2D eigenvalue weighted by molar-refractivity contribution is 7.99. The first-order chi connectivity index (χ1) is 8.66. The molecule has 1 aliphatic heterocycles. The monoisotopic (exact) mass is 269 g/mol. The van der Waals surface area contributed by atoms with Gasteiger partial charge in [0, 0.05) is 12.6 Å². The Bertz CT molecular complexity index is 433. The molecular weight excluding hydrogens is 253 g/mol. The van der Waals surface area contributed by atoms with E-state index in [0.717, 1.165) is 30.4 Å². The van der Waals surface area contributed by atoms with Gasteiger partial charge in [-0.15, -0.1) is 0 Å². The van der Waals surface area contributed by atoms with Crippen LogP contribution in [0.1, 0.15) is 23.2 Å². The first-order valence-corrected chi connectivity index (χ1v) is 7.17. The van der Waals surface area contributed by atoms with Crippen molar-refractivity contribution in [2.75, 3.05) is 18.1 Å². The van der Waals surface area contributed by atoms with Crippen molar-refractivity contribution >= 4 is 17.7 Å². The smallest absolute Gasteiger partial charge is 0.254 e. The van der Waals surface area contributed by atoms with Gasteiger partial charge in [0.1, 0.15) is 11.6 Å². The number of carbonyl (C=O) groups is 1. The van der Waals surface area contributed by atoms with E-state index in [2.05, 4.69) is 5.32 Å². The van der Waals surface area contributed by atoms with Gasteiger partial charge in [-0.1, -0.05) is 0 Å². The van der Waals surface area contributed by atoms with Gasteiger partial charge in [-0.25, -0.2) is 4.39 Å². The molecule has 5 heteroatoms. The second-order valence-corrected chi connectivity index (χ2v) is 5.65. The van der Waals surface area contributed by atoms with Crippen LogP contribution in [0.4, 0.5) is 4.39 Å². The van der Waals surface area contributed by atoms with Gasteiger partial charge in [0.2, 0.25) is 0 Å². The Kier molecular flexibility index (Phi) is 4.47. The standard InChI is InChI=1S/C13H16FNO2S/c14-12-7-10(16)1-2-11(12)13(17)15-8-9-3-5-18-6-4-9/h1-2,7,9,16H,3-6,8H2,(H,15,17). The van der Waals surface area contributed by atoms with Gasteiger partial charge < -0.3 is 10.4 Å². The van der Waals surface area contributed by atoms with Crippen molar-refractivity contribution in [3.63, 3.8) is 0 Å². The predicted molar refractivity (Wildman–Crippen MR) is 70.4 cm³/mol. The molecule has 1 saturated heterocycles. The van der Waals surface area contributed by atoms with Crippen molar-refractivity contribution in [1.82, 2.24) is 5.32 Å². The Morgan fingerprint density at radius 2 is 2.17 bits per heavy atom. The summed E-state index contributed by atoms with van der Waals surface area (Å²) < 4.78 is 13.4. The molecular formula is C13H16FNO2S. The number of aromatic hydroxyl groups is 1. The number of carbonyl (C=O) groups excluding carboxylic acids is 1. The highest BCUT2D eigenvalue weighted by atomic mass is 32.2. The van der Waals surface area contributed by atoms with Gasteiger partial charge in [-0.05, 0) is 42.4 Å². The summed E-state index contributed by atoms with van der Waals surface area (Å²) in [4.78, 5) is 11.8. The van der Waals surface area contributed by atoms with Crippen LogP contribution in [0.15, 0.2) is 18.2 Å². The van der Waals surface area contributed by atoms with Gasteiger partial charge in [0.05, 0.1) is 5.56 Å². The van der Waals surface area contributed by atoms with Crippen LogP contribution in [-0.2, 0) is 0 Å². The molecule has 2 rings (SSSR count). The van der Waals surface area contributed by atoms with Gasteiger partial charge >= 0.3 is 0 Å². The molecule has 0 atom stereocenters. The third-order valence-electron chi connectivity index (χ3n) is 3.09. The maximum absolute atomic E-state index is 13.4. The first-order valence-electron chi connectivity index (χ1n) is 6.01. The molecule has 2 N–H and O–H groups in total. The number of hydrogen-bond acceptors (Lipinski definition) is 3. The minimum atomic E-state index is -0.688. The summed E-state index contributed by atoms with van der Waals surface area (Å²) in [6.45, 7) is 0.597. The van der Waals surface area contributed by atoms with Crippen LogP contribution in [0.5, 0.6) is 5.75 Å². The second-order valence-electron chi connectivity index (χ2n) is 4.43. The van der Waals surface area contributed by atoms with Crippen molar-refractivity contribution in [3.05, 3.63) is 29.6 Å². The van der Waals surface area contributed by atoms with Crippen LogP contribution in [-0.4, -0.2) is 29.1 Å². The number of thioether (sulfide) groups is 1. The van der Waals surface area contributed by atoms with Crippen LogP contribution in [0.2, 0.25) is 0 Å². The summed E-state index contributed by atoms with van der Waals surface area (Å²) in [7, 11) is 0. The molecule has 0 radical (unpaired) electrons. The van der Waals surface area contributed by atoms with Crippen molar-refractivity contribution in [3.8, 4) is 5.75 Å². The van der Waals surface area contributed by atoms with Crippen LogP contribution >= 0.6 is 11.8 Å². The van der Waals surface area contributed by atoms with E-state index in [0.29, 0.717) is 12.5 Å². The summed E-state index contributed by atoms with van der Waals surface area (Å²) in [5.41, 5.74) is -0.0158. The average molecular weight is 269 g/mol. The number of amides is 1. The first kappa shape index (κ1) is 13.2. The van der Waals surface area contributed by atoms with Crippen LogP contribution in [0, 0.1) is 11.7 Å². The molecule has 0 aromatic heterocycles. The van der Waals surface area contributed by atoms with Crippen molar-refractivity contribution < 1.29 is 14.3 Å². The van der Waals surface area contributed by atoms with E-state index >= 15 is 0 Å². The maximum atomic E-state index is 13.4. The zero-order valence-electron chi connectivity index (χ0n) is 9.99. The van der Waals surface area contributed by atoms with E-state index in [4.69, 9.17) is 5.11 Å². The van der Waals surface area contributed by atoms with Gasteiger partial charge in [-0.2, -0.15) is 11.8 Å². The molecule has 0 unspecified atom stereocenters. The number of phenols is 1. The number of phenolic OH excluding ortho intramolecular Hbond substituents is 1. The molecule has 1 aromatic carbocycles. The average Bonchev–Trinajstić information content (AvgIpc) is 2.37. The minimum Gasteiger partial charge on any atom is -0.508 e. The summed E-state index contributed by atoms with van der Waals surface area (Å²) in [5, 5.41) is 11.8. The predicted octanol–water partition coefficient (Wildman–Crippen LogP) is 2.40. The van der Waals surface area contributed by atoms with E-state index in [1.165, 1.54) is 12.1 Å². The lowest BCUT2D eigenvalue weighted by molar-refractivity contribution is 0.0942. The summed E-state index contributed by atoms with van der Waals surface area (Å²) >= 11 is 1.93. The van der Waals surface area contributed by atoms with Crippen LogP contribution in [0.25, 0.3) is 0 Å². The Morgan fingerprint density at radius 3 is 2.83 bits per heavy atom. The Balaban J connectivity index is 1.90. The topological polar surface area (TPSA) is 49.3 Å². The lowest BCUT2D eigenvalue weighted by atomic mass is 10.0. The Labute approximate surface area is 110 Å². The van der Waals surface area contributed by atoms with E-state index < -0.39 is 11.7 Å². The summed E-state index contributed by atoms with van der Waals surface area (Å²) in [6.07, 6.45) is 2.20. The lowest BCUT2D eigenvalue weighted by Gasteiger charge is -2.21. The van der Waals surface area contributed by atoms with Crippen molar-refractivity contribution in [1.29, 1.82) is 0 Å². The van der Waals surface area contributed by atoms with E-state index in [-0.39, 0.29) is 11.3 Å². The number of benzene rings is 1. The fourth-order valence-corrected chi connectivity index (χ4v) is 3.18. The largest absolute Gasteiger partial charge is 0.508 e. The molecule has 3 nitrogen and oxygen atoms in total. The molecule has 1 amide bonds. The Morgan fingerprint density at radius 1 is 1.44 bits per heavy atom. The molecule has 0 saturated carbocycles. The molecule has 0 bridgehead atoms. The highest BCUT2D eigenvalue weighted by Gasteiger charge is 2.16. The number of hydrogen-bond donors (Lipinski definition) is 2. The van der Waals surface area contributed by atoms with Crippen molar-refractivity contribution in [2.45, 2.75) is 12.8 Å². The van der Waals surface area contributed by atoms with E-state index in [1.807, 2.05) is 11.8 Å². The maximum Gasteiger partial charge on any atom is 0.254 e. The molecule has 98 valence electrons. The summed E-state index contributed by atoms with van der Waals surface area (Å²) in [5.74, 6) is 1.49. The zero-order valence-corrected chi connectivity index (χ0v) is 10.8.